The fourth-order valence-electron chi connectivity index (χ4n) is 2.20. The first-order valence-electron chi connectivity index (χ1n) is 5.24. The first kappa shape index (κ1) is 8.60. The molecule has 0 saturated heterocycles. The van der Waals surface area contributed by atoms with Gasteiger partial charge in [0.25, 0.3) is 0 Å². The van der Waals surface area contributed by atoms with E-state index in [0.29, 0.717) is 5.92 Å². The molecule has 0 radical (unpaired) electrons. The van der Waals surface area contributed by atoms with E-state index in [4.69, 9.17) is 10.2 Å². The summed E-state index contributed by atoms with van der Waals surface area (Å²) in [5.41, 5.74) is 8.74. The Morgan fingerprint density at radius 2 is 2.27 bits per heavy atom. The van der Waals surface area contributed by atoms with Gasteiger partial charge >= 0.3 is 0 Å². The number of nitrogen functional groups attached to an aromatic ring is 1. The van der Waals surface area contributed by atoms with E-state index >= 15 is 0 Å². The van der Waals surface area contributed by atoms with Crippen LogP contribution in [0.2, 0.25) is 0 Å². The molecular weight excluding hydrogens is 186 g/mol. The van der Waals surface area contributed by atoms with Gasteiger partial charge < -0.3 is 10.2 Å². The molecule has 2 heteroatoms. The van der Waals surface area contributed by atoms with Crippen molar-refractivity contribution in [2.45, 2.75) is 13.3 Å². The third-order valence-electron chi connectivity index (χ3n) is 2.98. The molecule has 1 atom stereocenters. The van der Waals surface area contributed by atoms with Crippen molar-refractivity contribution in [2.24, 2.45) is 5.92 Å². The molecule has 1 aromatic heterocycles. The zero-order valence-electron chi connectivity index (χ0n) is 8.66. The lowest BCUT2D eigenvalue weighted by molar-refractivity contribution is 0.585. The highest BCUT2D eigenvalue weighted by Gasteiger charge is 2.18. The van der Waals surface area contributed by atoms with Crippen LogP contribution in [-0.2, 0) is 6.42 Å². The van der Waals surface area contributed by atoms with Gasteiger partial charge in [-0.2, -0.15) is 0 Å². The van der Waals surface area contributed by atoms with E-state index in [1.165, 1.54) is 10.9 Å². The van der Waals surface area contributed by atoms with E-state index in [9.17, 15) is 0 Å². The lowest BCUT2D eigenvalue weighted by Crippen LogP contribution is -2.00. The Kier molecular flexibility index (Phi) is 1.66. The molecule has 0 bridgehead atoms. The molecule has 0 aliphatic heterocycles. The van der Waals surface area contributed by atoms with Crippen LogP contribution in [0.1, 0.15) is 18.2 Å². The number of hydrogen-bond acceptors (Lipinski definition) is 2. The van der Waals surface area contributed by atoms with Gasteiger partial charge in [-0.1, -0.05) is 25.1 Å². The number of rotatable bonds is 0. The SMILES string of the molecule is CC1C=Cc2oc3c(N)cccc3c2C1. The van der Waals surface area contributed by atoms with Crippen LogP contribution in [0.5, 0.6) is 0 Å². The molecular formula is C13H13NO. The smallest absolute Gasteiger partial charge is 0.157 e. The lowest BCUT2D eigenvalue weighted by atomic mass is 9.93. The van der Waals surface area contributed by atoms with Crippen LogP contribution >= 0.6 is 0 Å². The maximum Gasteiger partial charge on any atom is 0.157 e. The predicted octanol–water partition coefficient (Wildman–Crippen LogP) is 3.22. The number of benzene rings is 1. The van der Waals surface area contributed by atoms with Crippen LogP contribution in [0.25, 0.3) is 17.0 Å². The molecule has 3 rings (SSSR count). The van der Waals surface area contributed by atoms with Crippen molar-refractivity contribution >= 4 is 22.7 Å². The van der Waals surface area contributed by atoms with Gasteiger partial charge in [0, 0.05) is 10.9 Å². The van der Waals surface area contributed by atoms with Crippen LogP contribution in [0.4, 0.5) is 5.69 Å². The molecule has 0 spiro atoms. The topological polar surface area (TPSA) is 39.2 Å². The normalized spacial score (nSPS) is 19.4. The first-order chi connectivity index (χ1) is 7.25. The molecule has 1 aliphatic carbocycles. The first-order valence-corrected chi connectivity index (χ1v) is 5.24. The van der Waals surface area contributed by atoms with Gasteiger partial charge in [0.05, 0.1) is 5.69 Å². The Hall–Kier alpha value is -1.70. The minimum atomic E-state index is 0.583. The van der Waals surface area contributed by atoms with Crippen LogP contribution in [-0.4, -0.2) is 0 Å². The van der Waals surface area contributed by atoms with E-state index in [1.54, 1.807) is 0 Å². The van der Waals surface area contributed by atoms with E-state index < -0.39 is 0 Å². The summed E-state index contributed by atoms with van der Waals surface area (Å²) in [5.74, 6) is 1.56. The highest BCUT2D eigenvalue weighted by atomic mass is 16.3. The van der Waals surface area contributed by atoms with Crippen LogP contribution < -0.4 is 5.73 Å². The van der Waals surface area contributed by atoms with Crippen molar-refractivity contribution < 1.29 is 4.42 Å². The number of nitrogens with two attached hydrogens (primary N) is 1. The summed E-state index contributed by atoms with van der Waals surface area (Å²) in [4.78, 5) is 0. The van der Waals surface area contributed by atoms with E-state index in [-0.39, 0.29) is 0 Å². The second-order valence-corrected chi connectivity index (χ2v) is 4.21. The largest absolute Gasteiger partial charge is 0.454 e. The fraction of sp³-hybridized carbons (Fsp3) is 0.231. The van der Waals surface area contributed by atoms with E-state index in [2.05, 4.69) is 25.1 Å². The number of furan rings is 1. The summed E-state index contributed by atoms with van der Waals surface area (Å²) in [5, 5.41) is 1.17. The highest BCUT2D eigenvalue weighted by Crippen LogP contribution is 2.34. The van der Waals surface area contributed by atoms with Crippen molar-refractivity contribution in [3.05, 3.63) is 35.6 Å². The Balaban J connectivity index is 2.35. The third kappa shape index (κ3) is 1.18. The van der Waals surface area contributed by atoms with Crippen molar-refractivity contribution in [3.8, 4) is 0 Å². The second kappa shape index (κ2) is 2.89. The average Bonchev–Trinajstić information content (AvgIpc) is 2.58. The van der Waals surface area contributed by atoms with Crippen molar-refractivity contribution in [2.75, 3.05) is 5.73 Å². The van der Waals surface area contributed by atoms with E-state index in [1.807, 2.05) is 12.1 Å². The van der Waals surface area contributed by atoms with Crippen LogP contribution in [0, 0.1) is 5.92 Å². The monoisotopic (exact) mass is 199 g/mol. The molecule has 0 saturated carbocycles. The Bertz CT molecular complexity index is 551. The van der Waals surface area contributed by atoms with Crippen molar-refractivity contribution in [1.29, 1.82) is 0 Å². The summed E-state index contributed by atoms with van der Waals surface area (Å²) in [6.07, 6.45) is 5.28. The van der Waals surface area contributed by atoms with Gasteiger partial charge in [0.15, 0.2) is 5.58 Å². The molecule has 76 valence electrons. The van der Waals surface area contributed by atoms with Crippen molar-refractivity contribution in [1.82, 2.24) is 0 Å². The Labute approximate surface area is 88.4 Å². The quantitative estimate of drug-likeness (QED) is 0.661. The second-order valence-electron chi connectivity index (χ2n) is 4.21. The Morgan fingerprint density at radius 1 is 1.40 bits per heavy atom. The number of anilines is 1. The molecule has 0 amide bonds. The molecule has 2 N–H and O–H groups in total. The average molecular weight is 199 g/mol. The van der Waals surface area contributed by atoms with Crippen LogP contribution in [0.15, 0.2) is 28.7 Å². The molecule has 15 heavy (non-hydrogen) atoms. The highest BCUT2D eigenvalue weighted by molar-refractivity contribution is 5.93. The number of para-hydroxylation sites is 1. The number of hydrogen-bond donors (Lipinski definition) is 1. The van der Waals surface area contributed by atoms with Gasteiger partial charge in [-0.25, -0.2) is 0 Å². The zero-order chi connectivity index (χ0) is 10.4. The predicted molar refractivity (Wildman–Crippen MR) is 62.5 cm³/mol. The minimum Gasteiger partial charge on any atom is -0.454 e. The molecule has 1 unspecified atom stereocenters. The maximum atomic E-state index is 5.89. The van der Waals surface area contributed by atoms with Gasteiger partial charge in [-0.15, -0.1) is 0 Å². The maximum absolute atomic E-state index is 5.89. The van der Waals surface area contributed by atoms with Gasteiger partial charge in [0.2, 0.25) is 0 Å². The van der Waals surface area contributed by atoms with E-state index in [0.717, 1.165) is 23.5 Å². The summed E-state index contributed by atoms with van der Waals surface area (Å²) < 4.78 is 5.76. The summed E-state index contributed by atoms with van der Waals surface area (Å²) in [6.45, 7) is 2.21. The molecule has 1 aromatic carbocycles. The summed E-state index contributed by atoms with van der Waals surface area (Å²) in [7, 11) is 0. The van der Waals surface area contributed by atoms with Crippen LogP contribution in [0.3, 0.4) is 0 Å². The third-order valence-corrected chi connectivity index (χ3v) is 2.98. The molecule has 2 nitrogen and oxygen atoms in total. The van der Waals surface area contributed by atoms with Gasteiger partial charge in [0.1, 0.15) is 5.76 Å². The fourth-order valence-corrected chi connectivity index (χ4v) is 2.20. The van der Waals surface area contributed by atoms with Gasteiger partial charge in [-0.3, -0.25) is 0 Å². The standard InChI is InChI=1S/C13H13NO/c1-8-5-6-12-10(7-8)9-3-2-4-11(14)13(9)15-12/h2-6,8H,7,14H2,1H3. The zero-order valence-corrected chi connectivity index (χ0v) is 8.66. The lowest BCUT2D eigenvalue weighted by Gasteiger charge is -2.10. The minimum absolute atomic E-state index is 0.583. The molecule has 2 aromatic rings. The Morgan fingerprint density at radius 3 is 3.13 bits per heavy atom. The molecule has 0 fully saturated rings. The summed E-state index contributed by atoms with van der Waals surface area (Å²) in [6, 6.07) is 5.95. The number of fused-ring (bicyclic) bond motifs is 3. The molecule has 1 heterocycles. The van der Waals surface area contributed by atoms with Gasteiger partial charge in [-0.05, 0) is 24.5 Å². The van der Waals surface area contributed by atoms with Crippen molar-refractivity contribution in [3.63, 3.8) is 0 Å². The number of allylic oxidation sites excluding steroid dienone is 1. The summed E-state index contributed by atoms with van der Waals surface area (Å²) >= 11 is 0. The molecule has 1 aliphatic rings.